The van der Waals surface area contributed by atoms with Gasteiger partial charge in [0.05, 0.1) is 23.7 Å². The molecule has 0 radical (unpaired) electrons. The molecule has 1 amide bonds. The number of hydrogen-bond acceptors (Lipinski definition) is 3. The van der Waals surface area contributed by atoms with E-state index in [1.807, 2.05) is 0 Å². The normalized spacial score (nSPS) is 11.2. The highest BCUT2D eigenvalue weighted by molar-refractivity contribution is 9.10. The first-order valence-corrected chi connectivity index (χ1v) is 10.5. The Hall–Kier alpha value is -1.45. The van der Waals surface area contributed by atoms with Crippen molar-refractivity contribution in [3.63, 3.8) is 0 Å². The highest BCUT2D eigenvalue weighted by atomic mass is 79.9. The summed E-state index contributed by atoms with van der Waals surface area (Å²) in [6.07, 6.45) is -0.105. The van der Waals surface area contributed by atoms with E-state index in [-0.39, 0.29) is 23.4 Å². The summed E-state index contributed by atoms with van der Waals surface area (Å²) in [6, 6.07) is 11.6. The summed E-state index contributed by atoms with van der Waals surface area (Å²) in [4.78, 5) is 12.5. The van der Waals surface area contributed by atoms with Gasteiger partial charge in [-0.1, -0.05) is 31.9 Å². The molecular formula is C16H15Br2FN2O3S. The van der Waals surface area contributed by atoms with Crippen LogP contribution in [0.4, 0.5) is 15.8 Å². The van der Waals surface area contributed by atoms with E-state index in [0.717, 1.165) is 4.47 Å². The number of halogens is 3. The van der Waals surface area contributed by atoms with E-state index in [9.17, 15) is 17.6 Å². The SMILES string of the molecule is O=C(Nc1ccc(Br)cc1)c1cc(Br)ccc1NS(=O)(=O)CCCF. The van der Waals surface area contributed by atoms with E-state index in [4.69, 9.17) is 0 Å². The van der Waals surface area contributed by atoms with Crippen LogP contribution >= 0.6 is 31.9 Å². The second-order valence-electron chi connectivity index (χ2n) is 5.11. The summed E-state index contributed by atoms with van der Waals surface area (Å²) in [5.74, 6) is -0.820. The molecule has 134 valence electrons. The second kappa shape index (κ2) is 8.77. The summed E-state index contributed by atoms with van der Waals surface area (Å²) < 4.78 is 40.0. The zero-order valence-electron chi connectivity index (χ0n) is 12.9. The molecule has 9 heteroatoms. The molecule has 0 aliphatic carbocycles. The Bertz CT molecular complexity index is 858. The van der Waals surface area contributed by atoms with E-state index in [1.54, 1.807) is 30.3 Å². The minimum absolute atomic E-state index is 0.105. The highest BCUT2D eigenvalue weighted by Gasteiger charge is 2.17. The molecule has 2 N–H and O–H groups in total. The van der Waals surface area contributed by atoms with Gasteiger partial charge in [0.15, 0.2) is 0 Å². The lowest BCUT2D eigenvalue weighted by atomic mass is 10.1. The Balaban J connectivity index is 2.25. The molecule has 2 rings (SSSR count). The lowest BCUT2D eigenvalue weighted by molar-refractivity contribution is 0.102. The van der Waals surface area contributed by atoms with Gasteiger partial charge in [0.25, 0.3) is 5.91 Å². The number of sulfonamides is 1. The lowest BCUT2D eigenvalue weighted by Gasteiger charge is -2.13. The van der Waals surface area contributed by atoms with Crippen LogP contribution < -0.4 is 10.0 Å². The molecule has 0 spiro atoms. The number of hydrogen-bond donors (Lipinski definition) is 2. The Labute approximate surface area is 162 Å². The topological polar surface area (TPSA) is 75.3 Å². The number of carbonyl (C=O) groups excluding carboxylic acids is 1. The number of amides is 1. The summed E-state index contributed by atoms with van der Waals surface area (Å²) >= 11 is 6.58. The molecule has 0 heterocycles. The van der Waals surface area contributed by atoms with E-state index < -0.39 is 22.6 Å². The van der Waals surface area contributed by atoms with Gasteiger partial charge in [-0.2, -0.15) is 0 Å². The second-order valence-corrected chi connectivity index (χ2v) is 8.79. The first kappa shape index (κ1) is 19.9. The molecule has 5 nitrogen and oxygen atoms in total. The molecule has 0 bridgehead atoms. The summed E-state index contributed by atoms with van der Waals surface area (Å²) in [5, 5.41) is 2.71. The minimum atomic E-state index is -3.74. The van der Waals surface area contributed by atoms with Gasteiger partial charge in [-0.05, 0) is 48.9 Å². The highest BCUT2D eigenvalue weighted by Crippen LogP contribution is 2.24. The maximum Gasteiger partial charge on any atom is 0.257 e. The fraction of sp³-hybridized carbons (Fsp3) is 0.188. The molecule has 0 aromatic heterocycles. The fourth-order valence-corrected chi connectivity index (χ4v) is 3.72. The van der Waals surface area contributed by atoms with Crippen molar-refractivity contribution in [1.29, 1.82) is 0 Å². The summed E-state index contributed by atoms with van der Waals surface area (Å²) in [7, 11) is -3.74. The summed E-state index contributed by atoms with van der Waals surface area (Å²) in [5.41, 5.74) is 0.859. The molecule has 0 saturated heterocycles. The molecule has 0 aliphatic rings. The van der Waals surface area contributed by atoms with Crippen molar-refractivity contribution in [3.8, 4) is 0 Å². The van der Waals surface area contributed by atoms with Crippen molar-refractivity contribution < 1.29 is 17.6 Å². The van der Waals surface area contributed by atoms with Crippen LogP contribution in [0.25, 0.3) is 0 Å². The Morgan fingerprint density at radius 3 is 2.32 bits per heavy atom. The van der Waals surface area contributed by atoms with E-state index in [1.165, 1.54) is 12.1 Å². The molecule has 0 aliphatic heterocycles. The van der Waals surface area contributed by atoms with E-state index >= 15 is 0 Å². The maximum atomic E-state index is 12.5. The van der Waals surface area contributed by atoms with Crippen LogP contribution in [0, 0.1) is 0 Å². The van der Waals surface area contributed by atoms with E-state index in [2.05, 4.69) is 41.9 Å². The zero-order valence-corrected chi connectivity index (χ0v) is 16.9. The van der Waals surface area contributed by atoms with Crippen LogP contribution in [0.5, 0.6) is 0 Å². The Kier molecular flexibility index (Phi) is 6.97. The molecule has 2 aromatic carbocycles. The van der Waals surface area contributed by atoms with Gasteiger partial charge >= 0.3 is 0 Å². The molecule has 0 atom stereocenters. The predicted octanol–water partition coefficient (Wildman–Crippen LogP) is 4.57. The average molecular weight is 494 g/mol. The maximum absolute atomic E-state index is 12.5. The predicted molar refractivity (Wildman–Crippen MR) is 104 cm³/mol. The number of carbonyl (C=O) groups is 1. The lowest BCUT2D eigenvalue weighted by Crippen LogP contribution is -2.21. The third-order valence-corrected chi connectivity index (χ3v) is 5.52. The van der Waals surface area contributed by atoms with Crippen LogP contribution in [0.3, 0.4) is 0 Å². The van der Waals surface area contributed by atoms with Crippen molar-refractivity contribution in [2.45, 2.75) is 6.42 Å². The van der Waals surface area contributed by atoms with Crippen LogP contribution in [0.1, 0.15) is 16.8 Å². The molecular weight excluding hydrogens is 479 g/mol. The Morgan fingerprint density at radius 2 is 1.68 bits per heavy atom. The first-order valence-electron chi connectivity index (χ1n) is 7.23. The van der Waals surface area contributed by atoms with Gasteiger partial charge in [0.1, 0.15) is 0 Å². The van der Waals surface area contributed by atoms with E-state index in [0.29, 0.717) is 10.2 Å². The summed E-state index contributed by atoms with van der Waals surface area (Å²) in [6.45, 7) is -0.724. The van der Waals surface area contributed by atoms with Crippen LogP contribution in [0.2, 0.25) is 0 Å². The standard InChI is InChI=1S/C16H15Br2FN2O3S/c17-11-2-5-13(6-3-11)20-16(22)14-10-12(18)4-7-15(14)21-25(23,24)9-1-8-19/h2-7,10,21H,1,8-9H2,(H,20,22). The van der Waals surface area contributed by atoms with Crippen molar-refractivity contribution >= 4 is 59.2 Å². The minimum Gasteiger partial charge on any atom is -0.322 e. The van der Waals surface area contributed by atoms with Crippen molar-refractivity contribution in [3.05, 3.63) is 57.0 Å². The molecule has 25 heavy (non-hydrogen) atoms. The average Bonchev–Trinajstić information content (AvgIpc) is 2.56. The number of benzene rings is 2. The third kappa shape index (κ3) is 6.09. The van der Waals surface area contributed by atoms with Gasteiger partial charge in [0.2, 0.25) is 10.0 Å². The zero-order chi connectivity index (χ0) is 18.4. The van der Waals surface area contributed by atoms with Gasteiger partial charge in [0, 0.05) is 14.6 Å². The largest absolute Gasteiger partial charge is 0.322 e. The van der Waals surface area contributed by atoms with Crippen LogP contribution in [-0.4, -0.2) is 26.8 Å². The Morgan fingerprint density at radius 1 is 1.04 bits per heavy atom. The van der Waals surface area contributed by atoms with Crippen molar-refractivity contribution in [1.82, 2.24) is 0 Å². The van der Waals surface area contributed by atoms with Gasteiger partial charge in [-0.3, -0.25) is 13.9 Å². The van der Waals surface area contributed by atoms with Crippen molar-refractivity contribution in [2.24, 2.45) is 0 Å². The third-order valence-electron chi connectivity index (χ3n) is 3.14. The molecule has 0 unspecified atom stereocenters. The van der Waals surface area contributed by atoms with Crippen LogP contribution in [0.15, 0.2) is 51.4 Å². The van der Waals surface area contributed by atoms with Gasteiger partial charge in [-0.15, -0.1) is 0 Å². The molecule has 0 fully saturated rings. The smallest absolute Gasteiger partial charge is 0.257 e. The number of nitrogens with one attached hydrogen (secondary N) is 2. The first-order chi connectivity index (χ1) is 11.8. The number of rotatable bonds is 7. The number of anilines is 2. The molecule has 0 saturated carbocycles. The van der Waals surface area contributed by atoms with Crippen molar-refractivity contribution in [2.75, 3.05) is 22.5 Å². The fourth-order valence-electron chi connectivity index (χ4n) is 1.99. The van der Waals surface area contributed by atoms with Gasteiger partial charge in [-0.25, -0.2) is 8.42 Å². The van der Waals surface area contributed by atoms with Gasteiger partial charge < -0.3 is 5.32 Å². The molecule has 2 aromatic rings. The monoisotopic (exact) mass is 492 g/mol. The quantitative estimate of drug-likeness (QED) is 0.593. The number of alkyl halides is 1. The van der Waals surface area contributed by atoms with Crippen LogP contribution in [-0.2, 0) is 10.0 Å².